The third-order valence-electron chi connectivity index (χ3n) is 3.09. The molecule has 18 heavy (non-hydrogen) atoms. The lowest BCUT2D eigenvalue weighted by atomic mass is 10.1. The second kappa shape index (κ2) is 3.52. The molecule has 0 radical (unpaired) electrons. The molecule has 1 fully saturated rings. The summed E-state index contributed by atoms with van der Waals surface area (Å²) in [7, 11) is 0. The summed E-state index contributed by atoms with van der Waals surface area (Å²) in [5.74, 6) is -1.39. The fraction of sp³-hybridized carbons (Fsp3) is 0.273. The molecule has 7 nitrogen and oxygen atoms in total. The summed E-state index contributed by atoms with van der Waals surface area (Å²) < 4.78 is 0. The van der Waals surface area contributed by atoms with E-state index in [0.29, 0.717) is 29.4 Å². The maximum Gasteiger partial charge on any atom is 0.329 e. The third kappa shape index (κ3) is 1.60. The molecule has 0 spiro atoms. The standard InChI is InChI=1S/C11H10N4O3/c16-9(12-11(3-4-11)10(17)18)6-1-2-7-8(5-6)14-15-13-7/h1-2,5H,3-4H2,(H,12,16)(H,17,18)(H,13,14,15). The van der Waals surface area contributed by atoms with Crippen LogP contribution in [0.2, 0.25) is 0 Å². The molecule has 92 valence electrons. The summed E-state index contributed by atoms with van der Waals surface area (Å²) in [4.78, 5) is 22.9. The maximum absolute atomic E-state index is 11.9. The van der Waals surface area contributed by atoms with Crippen LogP contribution in [-0.4, -0.2) is 37.9 Å². The normalized spacial score (nSPS) is 16.4. The monoisotopic (exact) mass is 246 g/mol. The largest absolute Gasteiger partial charge is 0.480 e. The molecular formula is C11H10N4O3. The fourth-order valence-corrected chi connectivity index (χ4v) is 1.79. The minimum Gasteiger partial charge on any atom is -0.480 e. The Morgan fingerprint density at radius 2 is 2.00 bits per heavy atom. The van der Waals surface area contributed by atoms with Crippen LogP contribution in [0.4, 0.5) is 0 Å². The molecule has 1 aromatic heterocycles. The number of hydrogen-bond donors (Lipinski definition) is 3. The molecular weight excluding hydrogens is 236 g/mol. The molecule has 1 heterocycles. The van der Waals surface area contributed by atoms with Gasteiger partial charge in [-0.25, -0.2) is 4.79 Å². The number of H-pyrrole nitrogens is 1. The van der Waals surface area contributed by atoms with Gasteiger partial charge in [-0.3, -0.25) is 4.79 Å². The molecule has 1 saturated carbocycles. The third-order valence-corrected chi connectivity index (χ3v) is 3.09. The molecule has 1 amide bonds. The van der Waals surface area contributed by atoms with Gasteiger partial charge in [-0.1, -0.05) is 0 Å². The minimum absolute atomic E-state index is 0.379. The van der Waals surface area contributed by atoms with Crippen molar-refractivity contribution in [2.75, 3.05) is 0 Å². The highest BCUT2D eigenvalue weighted by Gasteiger charge is 2.51. The number of carboxylic acid groups (broad SMARTS) is 1. The van der Waals surface area contributed by atoms with E-state index in [1.54, 1.807) is 18.2 Å². The number of carbonyl (C=O) groups excluding carboxylic acids is 1. The van der Waals surface area contributed by atoms with E-state index in [2.05, 4.69) is 20.7 Å². The van der Waals surface area contributed by atoms with Crippen molar-refractivity contribution in [2.24, 2.45) is 0 Å². The van der Waals surface area contributed by atoms with Gasteiger partial charge in [0.15, 0.2) is 0 Å². The number of nitrogens with one attached hydrogen (secondary N) is 2. The quantitative estimate of drug-likeness (QED) is 0.722. The highest BCUT2D eigenvalue weighted by atomic mass is 16.4. The van der Waals surface area contributed by atoms with Crippen LogP contribution in [0.1, 0.15) is 23.2 Å². The van der Waals surface area contributed by atoms with E-state index >= 15 is 0 Å². The van der Waals surface area contributed by atoms with Crippen molar-refractivity contribution in [1.29, 1.82) is 0 Å². The zero-order chi connectivity index (χ0) is 12.8. The van der Waals surface area contributed by atoms with E-state index in [4.69, 9.17) is 5.11 Å². The van der Waals surface area contributed by atoms with E-state index in [9.17, 15) is 9.59 Å². The lowest BCUT2D eigenvalue weighted by Gasteiger charge is -2.12. The van der Waals surface area contributed by atoms with Crippen molar-refractivity contribution in [1.82, 2.24) is 20.7 Å². The summed E-state index contributed by atoms with van der Waals surface area (Å²) in [6.07, 6.45) is 0.945. The van der Waals surface area contributed by atoms with Crippen LogP contribution in [0.25, 0.3) is 11.0 Å². The van der Waals surface area contributed by atoms with Crippen molar-refractivity contribution >= 4 is 22.9 Å². The Labute approximate surface area is 101 Å². The second-order valence-corrected chi connectivity index (χ2v) is 4.37. The number of fused-ring (bicyclic) bond motifs is 1. The number of aromatic amines is 1. The van der Waals surface area contributed by atoms with E-state index < -0.39 is 17.4 Å². The van der Waals surface area contributed by atoms with Gasteiger partial charge >= 0.3 is 5.97 Å². The fourth-order valence-electron chi connectivity index (χ4n) is 1.79. The molecule has 7 heteroatoms. The van der Waals surface area contributed by atoms with E-state index in [0.717, 1.165) is 0 Å². The van der Waals surface area contributed by atoms with Crippen LogP contribution < -0.4 is 5.32 Å². The number of hydrogen-bond acceptors (Lipinski definition) is 4. The minimum atomic E-state index is -1.07. The van der Waals surface area contributed by atoms with Gasteiger partial charge < -0.3 is 10.4 Å². The van der Waals surface area contributed by atoms with Gasteiger partial charge in [0.2, 0.25) is 0 Å². The number of carbonyl (C=O) groups is 2. The van der Waals surface area contributed by atoms with Gasteiger partial charge in [0.25, 0.3) is 5.91 Å². The Hall–Kier alpha value is -2.44. The van der Waals surface area contributed by atoms with Crippen LogP contribution in [0.15, 0.2) is 18.2 Å². The van der Waals surface area contributed by atoms with Crippen molar-refractivity contribution in [3.8, 4) is 0 Å². The number of aliphatic carboxylic acids is 1. The highest BCUT2D eigenvalue weighted by Crippen LogP contribution is 2.35. The molecule has 0 bridgehead atoms. The Balaban J connectivity index is 1.86. The summed E-state index contributed by atoms with van der Waals surface area (Å²) >= 11 is 0. The highest BCUT2D eigenvalue weighted by molar-refractivity contribution is 6.00. The first kappa shape index (κ1) is 10.7. The molecule has 0 unspecified atom stereocenters. The first-order valence-electron chi connectivity index (χ1n) is 5.47. The van der Waals surface area contributed by atoms with Gasteiger partial charge in [0.05, 0.1) is 0 Å². The molecule has 3 rings (SSSR count). The van der Waals surface area contributed by atoms with Crippen molar-refractivity contribution in [3.05, 3.63) is 23.8 Å². The van der Waals surface area contributed by atoms with E-state index in [1.165, 1.54) is 0 Å². The predicted octanol–water partition coefficient (Wildman–Crippen LogP) is 0.305. The van der Waals surface area contributed by atoms with E-state index in [-0.39, 0.29) is 0 Å². The average molecular weight is 246 g/mol. The molecule has 0 saturated heterocycles. The first-order valence-corrected chi connectivity index (χ1v) is 5.47. The smallest absolute Gasteiger partial charge is 0.329 e. The van der Waals surface area contributed by atoms with Crippen LogP contribution >= 0.6 is 0 Å². The van der Waals surface area contributed by atoms with Gasteiger partial charge in [-0.15, -0.1) is 0 Å². The molecule has 0 aliphatic heterocycles. The molecule has 1 aliphatic carbocycles. The Morgan fingerprint density at radius 3 is 2.67 bits per heavy atom. The predicted molar refractivity (Wildman–Crippen MR) is 61.0 cm³/mol. The summed E-state index contributed by atoms with van der Waals surface area (Å²) in [6.45, 7) is 0. The van der Waals surface area contributed by atoms with Gasteiger partial charge in [0.1, 0.15) is 16.6 Å². The summed E-state index contributed by atoms with van der Waals surface area (Å²) in [6, 6.07) is 4.83. The molecule has 0 atom stereocenters. The van der Waals surface area contributed by atoms with Crippen molar-refractivity contribution < 1.29 is 14.7 Å². The SMILES string of the molecule is O=C(NC1(C(=O)O)CC1)c1ccc2n[nH]nc2c1. The zero-order valence-corrected chi connectivity index (χ0v) is 9.30. The average Bonchev–Trinajstić information content (AvgIpc) is 2.98. The molecule has 1 aromatic carbocycles. The van der Waals surface area contributed by atoms with Crippen LogP contribution in [0, 0.1) is 0 Å². The first-order chi connectivity index (χ1) is 8.61. The van der Waals surface area contributed by atoms with Crippen LogP contribution in [-0.2, 0) is 4.79 Å². The van der Waals surface area contributed by atoms with Crippen molar-refractivity contribution in [2.45, 2.75) is 18.4 Å². The number of benzene rings is 1. The molecule has 2 aromatic rings. The molecule has 1 aliphatic rings. The number of nitrogens with zero attached hydrogens (tertiary/aromatic N) is 2. The van der Waals surface area contributed by atoms with E-state index in [1.807, 2.05) is 0 Å². The summed E-state index contributed by atoms with van der Waals surface area (Å²) in [5.41, 5.74) is 0.535. The Bertz CT molecular complexity index is 645. The van der Waals surface area contributed by atoms with Crippen LogP contribution in [0.3, 0.4) is 0 Å². The lowest BCUT2D eigenvalue weighted by molar-refractivity contribution is -0.140. The van der Waals surface area contributed by atoms with Gasteiger partial charge in [-0.2, -0.15) is 15.4 Å². The number of rotatable bonds is 3. The second-order valence-electron chi connectivity index (χ2n) is 4.37. The van der Waals surface area contributed by atoms with Gasteiger partial charge in [0, 0.05) is 5.56 Å². The van der Waals surface area contributed by atoms with Crippen molar-refractivity contribution in [3.63, 3.8) is 0 Å². The topological polar surface area (TPSA) is 108 Å². The maximum atomic E-state index is 11.9. The Kier molecular flexibility index (Phi) is 2.09. The number of amides is 1. The Morgan fingerprint density at radius 1 is 1.28 bits per heavy atom. The number of aromatic nitrogens is 3. The van der Waals surface area contributed by atoms with Crippen LogP contribution in [0.5, 0.6) is 0 Å². The lowest BCUT2D eigenvalue weighted by Crippen LogP contribution is -2.43. The van der Waals surface area contributed by atoms with Gasteiger partial charge in [-0.05, 0) is 31.0 Å². The molecule has 3 N–H and O–H groups in total. The number of carboxylic acids is 1. The summed E-state index contributed by atoms with van der Waals surface area (Å²) in [5, 5.41) is 21.7. The zero-order valence-electron chi connectivity index (χ0n) is 9.30.